The van der Waals surface area contributed by atoms with E-state index in [0.29, 0.717) is 11.3 Å². The van der Waals surface area contributed by atoms with Crippen LogP contribution in [0, 0.1) is 11.3 Å². The molecular formula is C13H26O2. The third kappa shape index (κ3) is 3.76. The molecule has 0 spiro atoms. The Morgan fingerprint density at radius 1 is 1.40 bits per heavy atom. The Kier molecular flexibility index (Phi) is 5.07. The zero-order valence-corrected chi connectivity index (χ0v) is 10.5. The van der Waals surface area contributed by atoms with Crippen LogP contribution in [-0.2, 0) is 4.74 Å². The van der Waals surface area contributed by atoms with Gasteiger partial charge in [-0.25, -0.2) is 0 Å². The lowest BCUT2D eigenvalue weighted by Gasteiger charge is -2.41. The maximum atomic E-state index is 10.2. The lowest BCUT2D eigenvalue weighted by Crippen LogP contribution is -2.36. The van der Waals surface area contributed by atoms with Crippen LogP contribution in [0.4, 0.5) is 0 Å². The first-order valence-corrected chi connectivity index (χ1v) is 6.25. The second-order valence-corrected chi connectivity index (χ2v) is 5.54. The second kappa shape index (κ2) is 5.86. The monoisotopic (exact) mass is 214 g/mol. The predicted octanol–water partition coefficient (Wildman–Crippen LogP) is 2.99. The Hall–Kier alpha value is -0.0800. The van der Waals surface area contributed by atoms with Crippen molar-refractivity contribution in [2.45, 2.75) is 58.5 Å². The summed E-state index contributed by atoms with van der Waals surface area (Å²) in [4.78, 5) is 0. The van der Waals surface area contributed by atoms with Gasteiger partial charge < -0.3 is 9.84 Å². The van der Waals surface area contributed by atoms with Gasteiger partial charge in [0.15, 0.2) is 0 Å². The molecule has 15 heavy (non-hydrogen) atoms. The van der Waals surface area contributed by atoms with Gasteiger partial charge in [0.2, 0.25) is 0 Å². The van der Waals surface area contributed by atoms with Gasteiger partial charge >= 0.3 is 0 Å². The van der Waals surface area contributed by atoms with E-state index in [1.165, 1.54) is 25.7 Å². The molecule has 1 rings (SSSR count). The molecule has 1 saturated carbocycles. The first kappa shape index (κ1) is 13.0. The molecule has 0 aromatic heterocycles. The van der Waals surface area contributed by atoms with Crippen molar-refractivity contribution < 1.29 is 9.84 Å². The number of ether oxygens (including phenoxy) is 1. The highest BCUT2D eigenvalue weighted by Crippen LogP contribution is 2.43. The molecule has 0 bridgehead atoms. The average Bonchev–Trinajstić information content (AvgIpc) is 2.17. The highest BCUT2D eigenvalue weighted by molar-refractivity contribution is 4.86. The van der Waals surface area contributed by atoms with Crippen molar-refractivity contribution in [3.63, 3.8) is 0 Å². The molecular weight excluding hydrogens is 188 g/mol. The van der Waals surface area contributed by atoms with Crippen LogP contribution in [0.1, 0.15) is 52.4 Å². The van der Waals surface area contributed by atoms with Gasteiger partial charge in [0.25, 0.3) is 0 Å². The van der Waals surface area contributed by atoms with E-state index in [4.69, 9.17) is 4.74 Å². The smallest absolute Gasteiger partial charge is 0.0574 e. The molecule has 1 aliphatic rings. The number of methoxy groups -OCH3 is 1. The van der Waals surface area contributed by atoms with Gasteiger partial charge in [-0.15, -0.1) is 0 Å². The molecule has 0 heterocycles. The fourth-order valence-electron chi connectivity index (χ4n) is 2.87. The molecule has 2 heteroatoms. The highest BCUT2D eigenvalue weighted by Gasteiger charge is 2.36. The van der Waals surface area contributed by atoms with Crippen LogP contribution in [0.3, 0.4) is 0 Å². The van der Waals surface area contributed by atoms with E-state index in [1.807, 2.05) is 0 Å². The summed E-state index contributed by atoms with van der Waals surface area (Å²) in [5.41, 5.74) is 0.324. The van der Waals surface area contributed by atoms with Crippen LogP contribution in [0.25, 0.3) is 0 Å². The van der Waals surface area contributed by atoms with Gasteiger partial charge in [-0.1, -0.05) is 26.7 Å². The lowest BCUT2D eigenvalue weighted by atomic mass is 9.66. The van der Waals surface area contributed by atoms with Gasteiger partial charge in [0.1, 0.15) is 0 Å². The van der Waals surface area contributed by atoms with E-state index >= 15 is 0 Å². The van der Waals surface area contributed by atoms with Crippen LogP contribution in [0.15, 0.2) is 0 Å². The van der Waals surface area contributed by atoms with Crippen molar-refractivity contribution in [3.8, 4) is 0 Å². The van der Waals surface area contributed by atoms with Gasteiger partial charge in [0, 0.05) is 13.7 Å². The van der Waals surface area contributed by atoms with Gasteiger partial charge in [-0.05, 0) is 37.0 Å². The van der Waals surface area contributed by atoms with E-state index in [1.54, 1.807) is 7.11 Å². The topological polar surface area (TPSA) is 29.5 Å². The van der Waals surface area contributed by atoms with Gasteiger partial charge in [-0.3, -0.25) is 0 Å². The van der Waals surface area contributed by atoms with Crippen molar-refractivity contribution >= 4 is 0 Å². The molecule has 0 aliphatic heterocycles. The largest absolute Gasteiger partial charge is 0.393 e. The summed E-state index contributed by atoms with van der Waals surface area (Å²) < 4.78 is 5.02. The molecule has 1 N–H and O–H groups in total. The number of rotatable bonds is 5. The Balaban J connectivity index is 2.38. The molecule has 2 atom stereocenters. The van der Waals surface area contributed by atoms with Crippen molar-refractivity contribution in [2.75, 3.05) is 13.7 Å². The Morgan fingerprint density at radius 2 is 2.13 bits per heavy atom. The fourth-order valence-corrected chi connectivity index (χ4v) is 2.87. The predicted molar refractivity (Wildman–Crippen MR) is 62.9 cm³/mol. The SMILES string of the molecule is COCCCC(O)C1CCCCC1(C)C. The van der Waals surface area contributed by atoms with Gasteiger partial charge in [0.05, 0.1) is 6.10 Å². The molecule has 2 nitrogen and oxygen atoms in total. The van der Waals surface area contributed by atoms with E-state index in [2.05, 4.69) is 13.8 Å². The van der Waals surface area contributed by atoms with E-state index < -0.39 is 0 Å². The summed E-state index contributed by atoms with van der Waals surface area (Å²) in [6, 6.07) is 0. The van der Waals surface area contributed by atoms with E-state index in [-0.39, 0.29) is 6.10 Å². The van der Waals surface area contributed by atoms with E-state index in [9.17, 15) is 5.11 Å². The second-order valence-electron chi connectivity index (χ2n) is 5.54. The molecule has 1 aliphatic carbocycles. The standard InChI is InChI=1S/C13H26O2/c1-13(2)9-5-4-7-11(13)12(14)8-6-10-15-3/h11-12,14H,4-10H2,1-3H3. The zero-order valence-electron chi connectivity index (χ0n) is 10.5. The number of hydrogen-bond acceptors (Lipinski definition) is 2. The third-order valence-corrected chi connectivity index (χ3v) is 3.90. The molecule has 0 amide bonds. The number of hydrogen-bond donors (Lipinski definition) is 1. The lowest BCUT2D eigenvalue weighted by molar-refractivity contribution is -0.00333. The first-order chi connectivity index (χ1) is 7.08. The minimum Gasteiger partial charge on any atom is -0.393 e. The Morgan fingerprint density at radius 3 is 2.73 bits per heavy atom. The summed E-state index contributed by atoms with van der Waals surface area (Å²) in [6.07, 6.45) is 6.81. The molecule has 0 radical (unpaired) electrons. The van der Waals surface area contributed by atoms with Gasteiger partial charge in [-0.2, -0.15) is 0 Å². The normalized spacial score (nSPS) is 27.6. The minimum atomic E-state index is -0.129. The van der Waals surface area contributed by atoms with Crippen LogP contribution in [0.5, 0.6) is 0 Å². The molecule has 0 aromatic carbocycles. The fraction of sp³-hybridized carbons (Fsp3) is 1.00. The quantitative estimate of drug-likeness (QED) is 0.713. The van der Waals surface area contributed by atoms with E-state index in [0.717, 1.165) is 19.4 Å². The number of aliphatic hydroxyl groups excluding tert-OH is 1. The molecule has 0 aromatic rings. The molecule has 1 fully saturated rings. The number of aliphatic hydroxyl groups is 1. The van der Waals surface area contributed by atoms with Crippen molar-refractivity contribution in [1.29, 1.82) is 0 Å². The highest BCUT2D eigenvalue weighted by atomic mass is 16.5. The van der Waals surface area contributed by atoms with Crippen molar-refractivity contribution in [2.24, 2.45) is 11.3 Å². The summed E-state index contributed by atoms with van der Waals surface area (Å²) in [5, 5.41) is 10.2. The van der Waals surface area contributed by atoms with Crippen LogP contribution >= 0.6 is 0 Å². The van der Waals surface area contributed by atoms with Crippen LogP contribution in [0.2, 0.25) is 0 Å². The summed E-state index contributed by atoms with van der Waals surface area (Å²) in [6.45, 7) is 5.37. The van der Waals surface area contributed by atoms with Crippen molar-refractivity contribution in [1.82, 2.24) is 0 Å². The zero-order chi connectivity index (χ0) is 11.3. The summed E-state index contributed by atoms with van der Waals surface area (Å²) in [7, 11) is 1.72. The molecule has 2 unspecified atom stereocenters. The van der Waals surface area contributed by atoms with Crippen LogP contribution < -0.4 is 0 Å². The Bertz CT molecular complexity index is 177. The maximum absolute atomic E-state index is 10.2. The third-order valence-electron chi connectivity index (χ3n) is 3.90. The Labute approximate surface area is 94.0 Å². The minimum absolute atomic E-state index is 0.129. The summed E-state index contributed by atoms with van der Waals surface area (Å²) >= 11 is 0. The first-order valence-electron chi connectivity index (χ1n) is 6.25. The van der Waals surface area contributed by atoms with Crippen LogP contribution in [-0.4, -0.2) is 24.9 Å². The summed E-state index contributed by atoms with van der Waals surface area (Å²) in [5.74, 6) is 0.489. The maximum Gasteiger partial charge on any atom is 0.0574 e. The molecule has 90 valence electrons. The average molecular weight is 214 g/mol. The van der Waals surface area contributed by atoms with Crippen molar-refractivity contribution in [3.05, 3.63) is 0 Å². The molecule has 0 saturated heterocycles.